The number of hydrogen-bond donors (Lipinski definition) is 4. The number of aliphatic hydroxyl groups is 2. The summed E-state index contributed by atoms with van der Waals surface area (Å²) in [5.74, 6) is 0.223. The van der Waals surface area contributed by atoms with E-state index >= 15 is 0 Å². The van der Waals surface area contributed by atoms with Crippen molar-refractivity contribution in [1.29, 1.82) is 0 Å². The van der Waals surface area contributed by atoms with Crippen LogP contribution >= 0.6 is 21.6 Å². The number of aryl methyl sites for hydroxylation is 2. The van der Waals surface area contributed by atoms with Gasteiger partial charge in [0, 0.05) is 11.1 Å². The maximum Gasteiger partial charge on any atom is 0.135 e. The molecule has 0 saturated heterocycles. The van der Waals surface area contributed by atoms with Gasteiger partial charge in [-0.15, -0.1) is 0 Å². The van der Waals surface area contributed by atoms with Crippen LogP contribution in [0, 0.1) is 0 Å². The fourth-order valence-electron chi connectivity index (χ4n) is 5.84. The molecule has 4 nitrogen and oxygen atoms in total. The van der Waals surface area contributed by atoms with Crippen molar-refractivity contribution in [2.45, 2.75) is 178 Å². The fourth-order valence-corrected chi connectivity index (χ4v) is 8.14. The zero-order valence-electron chi connectivity index (χ0n) is 27.9. The van der Waals surface area contributed by atoms with E-state index in [0.29, 0.717) is 20.9 Å². The highest BCUT2D eigenvalue weighted by Gasteiger charge is 2.15. The van der Waals surface area contributed by atoms with E-state index in [0.717, 1.165) is 36.8 Å². The van der Waals surface area contributed by atoms with Crippen LogP contribution in [0.1, 0.15) is 165 Å². The summed E-state index contributed by atoms with van der Waals surface area (Å²) < 4.78 is 0. The predicted octanol–water partition coefficient (Wildman–Crippen LogP) is 11.8. The summed E-state index contributed by atoms with van der Waals surface area (Å²) in [6.07, 6.45) is 27.8. The third kappa shape index (κ3) is 15.8. The molecule has 0 saturated carbocycles. The normalized spacial score (nSPS) is 11.5. The number of hydrogen-bond acceptors (Lipinski definition) is 6. The van der Waals surface area contributed by atoms with Crippen LogP contribution in [0.25, 0.3) is 0 Å². The Kier molecular flexibility index (Phi) is 21.9. The maximum absolute atomic E-state index is 10.8. The second-order valence-electron chi connectivity index (χ2n) is 12.6. The van der Waals surface area contributed by atoms with Crippen LogP contribution in [-0.4, -0.2) is 20.4 Å². The molecule has 0 amide bonds. The molecule has 0 spiro atoms. The number of aliphatic hydroxyl groups excluding tert-OH is 2. The largest absolute Gasteiger partial charge is 0.506 e. The van der Waals surface area contributed by atoms with Crippen LogP contribution in [0.3, 0.4) is 0 Å². The highest BCUT2D eigenvalue weighted by atomic mass is 33.1. The van der Waals surface area contributed by atoms with E-state index in [1.165, 1.54) is 137 Å². The van der Waals surface area contributed by atoms with Crippen LogP contribution in [0.4, 0.5) is 0 Å². The zero-order chi connectivity index (χ0) is 31.8. The minimum absolute atomic E-state index is 0.111. The molecule has 0 aromatic heterocycles. The molecule has 0 unspecified atom stereocenters. The minimum Gasteiger partial charge on any atom is -0.506 e. The van der Waals surface area contributed by atoms with Gasteiger partial charge in [0.25, 0.3) is 0 Å². The van der Waals surface area contributed by atoms with Crippen molar-refractivity contribution in [3.63, 3.8) is 0 Å². The van der Waals surface area contributed by atoms with Crippen molar-refractivity contribution in [2.75, 3.05) is 0 Å². The van der Waals surface area contributed by atoms with Crippen molar-refractivity contribution < 1.29 is 20.4 Å². The number of phenols is 2. The standard InChI is InChI=1S/C38H62O4S2/c1-3-5-7-9-11-13-15-17-19-21-23-31-25-33(29-39)37(41)35(27-31)43-44-36-28-32(26-34(30-40)38(36)42)24-22-20-18-16-14-12-10-8-6-4-2/h25-28,39-42H,3-24,29-30H2,1-2H3. The first-order valence-electron chi connectivity index (χ1n) is 17.8. The highest BCUT2D eigenvalue weighted by Crippen LogP contribution is 2.47. The minimum atomic E-state index is -0.204. The van der Waals surface area contributed by atoms with Crippen molar-refractivity contribution in [3.8, 4) is 11.5 Å². The third-order valence-corrected chi connectivity index (χ3v) is 11.0. The molecule has 2 aromatic rings. The smallest absolute Gasteiger partial charge is 0.135 e. The van der Waals surface area contributed by atoms with Gasteiger partial charge in [0.15, 0.2) is 0 Å². The van der Waals surface area contributed by atoms with Gasteiger partial charge < -0.3 is 20.4 Å². The number of rotatable bonds is 27. The average molecular weight is 647 g/mol. The molecule has 0 atom stereocenters. The Morgan fingerprint density at radius 1 is 0.432 bits per heavy atom. The predicted molar refractivity (Wildman–Crippen MR) is 191 cm³/mol. The summed E-state index contributed by atoms with van der Waals surface area (Å²) in [5, 5.41) is 41.4. The molecule has 0 bridgehead atoms. The van der Waals surface area contributed by atoms with Crippen molar-refractivity contribution >= 4 is 21.6 Å². The molecule has 0 aliphatic carbocycles. The Morgan fingerprint density at radius 3 is 1.02 bits per heavy atom. The first-order chi connectivity index (χ1) is 21.5. The van der Waals surface area contributed by atoms with Crippen LogP contribution in [0.5, 0.6) is 11.5 Å². The summed E-state index contributed by atoms with van der Waals surface area (Å²) in [6, 6.07) is 7.90. The average Bonchev–Trinajstić information content (AvgIpc) is 3.03. The lowest BCUT2D eigenvalue weighted by Gasteiger charge is -2.14. The molecule has 0 aliphatic rings. The van der Waals surface area contributed by atoms with Gasteiger partial charge in [0.05, 0.1) is 23.0 Å². The molecule has 0 fully saturated rings. The van der Waals surface area contributed by atoms with E-state index in [1.54, 1.807) is 0 Å². The van der Waals surface area contributed by atoms with E-state index in [2.05, 4.69) is 13.8 Å². The highest BCUT2D eigenvalue weighted by molar-refractivity contribution is 8.76. The lowest BCUT2D eigenvalue weighted by Crippen LogP contribution is -1.94. The topological polar surface area (TPSA) is 80.9 Å². The quantitative estimate of drug-likeness (QED) is 0.0571. The number of unbranched alkanes of at least 4 members (excludes halogenated alkanes) is 18. The summed E-state index contributed by atoms with van der Waals surface area (Å²) >= 11 is 0. The van der Waals surface area contributed by atoms with Crippen LogP contribution in [0.15, 0.2) is 34.1 Å². The van der Waals surface area contributed by atoms with Gasteiger partial charge >= 0.3 is 0 Å². The maximum atomic E-state index is 10.8. The van der Waals surface area contributed by atoms with Crippen LogP contribution in [-0.2, 0) is 26.1 Å². The van der Waals surface area contributed by atoms with E-state index in [-0.39, 0.29) is 24.7 Å². The monoisotopic (exact) mass is 646 g/mol. The molecule has 0 heterocycles. The molecule has 0 radical (unpaired) electrons. The van der Waals surface area contributed by atoms with Gasteiger partial charge in [0.2, 0.25) is 0 Å². The number of benzene rings is 2. The molecule has 4 N–H and O–H groups in total. The zero-order valence-corrected chi connectivity index (χ0v) is 29.5. The van der Waals surface area contributed by atoms with E-state index < -0.39 is 0 Å². The summed E-state index contributed by atoms with van der Waals surface area (Å²) in [7, 11) is 2.80. The van der Waals surface area contributed by atoms with Crippen LogP contribution < -0.4 is 0 Å². The first kappa shape index (κ1) is 38.8. The van der Waals surface area contributed by atoms with Gasteiger partial charge in [0.1, 0.15) is 11.5 Å². The third-order valence-electron chi connectivity index (χ3n) is 8.63. The van der Waals surface area contributed by atoms with E-state index in [1.807, 2.05) is 24.3 Å². The van der Waals surface area contributed by atoms with E-state index in [4.69, 9.17) is 0 Å². The molecule has 0 aliphatic heterocycles. The van der Waals surface area contributed by atoms with Gasteiger partial charge in [-0.3, -0.25) is 0 Å². The van der Waals surface area contributed by atoms with Crippen molar-refractivity contribution in [3.05, 3.63) is 46.5 Å². The first-order valence-corrected chi connectivity index (χ1v) is 19.9. The lowest BCUT2D eigenvalue weighted by atomic mass is 10.0. The van der Waals surface area contributed by atoms with Crippen molar-refractivity contribution in [1.82, 2.24) is 0 Å². The molecular weight excluding hydrogens is 585 g/mol. The Hall–Kier alpha value is -1.34. The Bertz CT molecular complexity index is 945. The van der Waals surface area contributed by atoms with Gasteiger partial charge in [-0.05, 0) is 82.7 Å². The van der Waals surface area contributed by atoms with Crippen molar-refractivity contribution in [2.24, 2.45) is 0 Å². The molecule has 2 aromatic carbocycles. The molecule has 250 valence electrons. The SMILES string of the molecule is CCCCCCCCCCCCc1cc(CO)c(O)c(SSc2cc(CCCCCCCCCCCC)cc(CO)c2O)c1. The number of aromatic hydroxyl groups is 2. The summed E-state index contributed by atoms with van der Waals surface area (Å²) in [5.41, 5.74) is 3.36. The Labute approximate surface area is 277 Å². The molecule has 2 rings (SSSR count). The Morgan fingerprint density at radius 2 is 0.727 bits per heavy atom. The molecule has 6 heteroatoms. The second kappa shape index (κ2) is 24.8. The van der Waals surface area contributed by atoms with Gasteiger partial charge in [-0.25, -0.2) is 0 Å². The summed E-state index contributed by atoms with van der Waals surface area (Å²) in [4.78, 5) is 1.40. The molecular formula is C38H62O4S2. The summed E-state index contributed by atoms with van der Waals surface area (Å²) in [6.45, 7) is 4.11. The van der Waals surface area contributed by atoms with Gasteiger partial charge in [-0.1, -0.05) is 129 Å². The fraction of sp³-hybridized carbons (Fsp3) is 0.684. The Balaban J connectivity index is 1.86. The van der Waals surface area contributed by atoms with E-state index in [9.17, 15) is 20.4 Å². The second-order valence-corrected chi connectivity index (χ2v) is 14.8. The van der Waals surface area contributed by atoms with Gasteiger partial charge in [-0.2, -0.15) is 0 Å². The van der Waals surface area contributed by atoms with Crippen LogP contribution in [0.2, 0.25) is 0 Å². The molecule has 44 heavy (non-hydrogen) atoms. The lowest BCUT2D eigenvalue weighted by molar-refractivity contribution is 0.274.